The van der Waals surface area contributed by atoms with Crippen molar-refractivity contribution >= 4 is 11.8 Å². The van der Waals surface area contributed by atoms with Gasteiger partial charge in [0.2, 0.25) is 18.6 Å². The summed E-state index contributed by atoms with van der Waals surface area (Å²) < 4.78 is 10.7. The second-order valence-electron chi connectivity index (χ2n) is 7.85. The SMILES string of the molecule is O=C(NCc1ccc2c(c1)OCO2)[C@H]1CC(=O)N(C2CCCCCCC2)C1. The van der Waals surface area contributed by atoms with Gasteiger partial charge >= 0.3 is 0 Å². The van der Waals surface area contributed by atoms with Crippen molar-refractivity contribution in [2.75, 3.05) is 13.3 Å². The van der Waals surface area contributed by atoms with Gasteiger partial charge in [0.1, 0.15) is 0 Å². The number of rotatable bonds is 4. The lowest BCUT2D eigenvalue weighted by atomic mass is 9.96. The molecule has 0 unspecified atom stereocenters. The predicted octanol–water partition coefficient (Wildman–Crippen LogP) is 2.99. The molecule has 1 atom stereocenters. The highest BCUT2D eigenvalue weighted by atomic mass is 16.7. The first-order chi connectivity index (χ1) is 13.2. The van der Waals surface area contributed by atoms with E-state index in [1.165, 1.54) is 32.1 Å². The number of nitrogens with one attached hydrogen (secondary N) is 1. The maximum absolute atomic E-state index is 12.6. The molecule has 146 valence electrons. The Hall–Kier alpha value is -2.24. The Bertz CT molecular complexity index is 697. The second kappa shape index (κ2) is 8.19. The number of benzene rings is 1. The fourth-order valence-electron chi connectivity index (χ4n) is 4.39. The molecule has 0 aromatic heterocycles. The van der Waals surface area contributed by atoms with Crippen molar-refractivity contribution in [3.8, 4) is 11.5 Å². The smallest absolute Gasteiger partial charge is 0.231 e. The van der Waals surface area contributed by atoms with E-state index in [0.717, 1.165) is 24.2 Å². The van der Waals surface area contributed by atoms with E-state index < -0.39 is 0 Å². The van der Waals surface area contributed by atoms with Gasteiger partial charge in [-0.05, 0) is 30.5 Å². The van der Waals surface area contributed by atoms with Crippen molar-refractivity contribution in [2.45, 2.75) is 64.0 Å². The van der Waals surface area contributed by atoms with Gasteiger partial charge in [0.15, 0.2) is 11.5 Å². The van der Waals surface area contributed by atoms with E-state index in [1.54, 1.807) is 0 Å². The molecule has 1 saturated heterocycles. The molecule has 2 heterocycles. The summed E-state index contributed by atoms with van der Waals surface area (Å²) in [7, 11) is 0. The summed E-state index contributed by atoms with van der Waals surface area (Å²) in [6.07, 6.45) is 8.71. The van der Waals surface area contributed by atoms with Crippen LogP contribution in [0.25, 0.3) is 0 Å². The third-order valence-electron chi connectivity index (χ3n) is 5.95. The summed E-state index contributed by atoms with van der Waals surface area (Å²) in [6.45, 7) is 1.24. The normalized spacial score (nSPS) is 23.2. The van der Waals surface area contributed by atoms with Gasteiger partial charge < -0.3 is 19.7 Å². The molecule has 1 aromatic carbocycles. The van der Waals surface area contributed by atoms with Crippen molar-refractivity contribution in [1.82, 2.24) is 10.2 Å². The first-order valence-electron chi connectivity index (χ1n) is 10.2. The zero-order valence-corrected chi connectivity index (χ0v) is 15.7. The van der Waals surface area contributed by atoms with Crippen molar-refractivity contribution in [2.24, 2.45) is 5.92 Å². The van der Waals surface area contributed by atoms with E-state index in [0.29, 0.717) is 31.3 Å². The predicted molar refractivity (Wildman–Crippen MR) is 100 cm³/mol. The average Bonchev–Trinajstić information content (AvgIpc) is 3.26. The van der Waals surface area contributed by atoms with Crippen molar-refractivity contribution < 1.29 is 19.1 Å². The number of carbonyl (C=O) groups excluding carboxylic acids is 2. The van der Waals surface area contributed by atoms with E-state index in [4.69, 9.17) is 9.47 Å². The molecule has 0 spiro atoms. The van der Waals surface area contributed by atoms with Crippen LogP contribution in [0.1, 0.15) is 56.9 Å². The van der Waals surface area contributed by atoms with Gasteiger partial charge in [0, 0.05) is 25.6 Å². The highest BCUT2D eigenvalue weighted by Gasteiger charge is 2.37. The summed E-state index contributed by atoms with van der Waals surface area (Å²) >= 11 is 0. The largest absolute Gasteiger partial charge is 0.454 e. The van der Waals surface area contributed by atoms with E-state index in [-0.39, 0.29) is 24.5 Å². The molecule has 0 radical (unpaired) electrons. The second-order valence-corrected chi connectivity index (χ2v) is 7.85. The summed E-state index contributed by atoms with van der Waals surface area (Å²) in [6, 6.07) is 6.00. The molecule has 6 heteroatoms. The van der Waals surface area contributed by atoms with Gasteiger partial charge in [-0.15, -0.1) is 0 Å². The van der Waals surface area contributed by atoms with Crippen LogP contribution in [0.5, 0.6) is 11.5 Å². The zero-order chi connectivity index (χ0) is 18.6. The van der Waals surface area contributed by atoms with Gasteiger partial charge in [-0.2, -0.15) is 0 Å². The van der Waals surface area contributed by atoms with Crippen LogP contribution < -0.4 is 14.8 Å². The Morgan fingerprint density at radius 3 is 2.63 bits per heavy atom. The van der Waals surface area contributed by atoms with Crippen LogP contribution in [0.15, 0.2) is 18.2 Å². The van der Waals surface area contributed by atoms with Crippen molar-refractivity contribution in [1.29, 1.82) is 0 Å². The van der Waals surface area contributed by atoms with Crippen LogP contribution in [0.4, 0.5) is 0 Å². The summed E-state index contributed by atoms with van der Waals surface area (Å²) in [5.74, 6) is 1.32. The maximum Gasteiger partial charge on any atom is 0.231 e. The summed E-state index contributed by atoms with van der Waals surface area (Å²) in [5, 5.41) is 2.98. The van der Waals surface area contributed by atoms with Gasteiger partial charge in [-0.3, -0.25) is 9.59 Å². The molecule has 1 saturated carbocycles. The quantitative estimate of drug-likeness (QED) is 0.882. The molecule has 4 rings (SSSR count). The monoisotopic (exact) mass is 372 g/mol. The molecule has 1 aliphatic carbocycles. The van der Waals surface area contributed by atoms with Crippen LogP contribution in [-0.2, 0) is 16.1 Å². The molecule has 6 nitrogen and oxygen atoms in total. The minimum absolute atomic E-state index is 0.0330. The Morgan fingerprint density at radius 2 is 1.81 bits per heavy atom. The lowest BCUT2D eigenvalue weighted by Gasteiger charge is -2.29. The molecule has 27 heavy (non-hydrogen) atoms. The van der Waals surface area contributed by atoms with Crippen LogP contribution in [0.2, 0.25) is 0 Å². The number of hydrogen-bond donors (Lipinski definition) is 1. The van der Waals surface area contributed by atoms with Crippen LogP contribution in [-0.4, -0.2) is 36.1 Å². The minimum Gasteiger partial charge on any atom is -0.454 e. The summed E-state index contributed by atoms with van der Waals surface area (Å²) in [4.78, 5) is 27.1. The molecule has 2 amide bonds. The van der Waals surface area contributed by atoms with Crippen molar-refractivity contribution in [3.05, 3.63) is 23.8 Å². The third-order valence-corrected chi connectivity index (χ3v) is 5.95. The molecular weight excluding hydrogens is 344 g/mol. The number of fused-ring (bicyclic) bond motifs is 1. The third kappa shape index (κ3) is 4.20. The number of likely N-dealkylation sites (tertiary alicyclic amines) is 1. The van der Waals surface area contributed by atoms with Gasteiger partial charge in [0.05, 0.1) is 5.92 Å². The molecular formula is C21H28N2O4. The maximum atomic E-state index is 12.6. The Labute approximate surface area is 160 Å². The minimum atomic E-state index is -0.239. The van der Waals surface area contributed by atoms with E-state index in [2.05, 4.69) is 5.32 Å². The molecule has 1 N–H and O–H groups in total. The molecule has 0 bridgehead atoms. The van der Waals surface area contributed by atoms with Crippen molar-refractivity contribution in [3.63, 3.8) is 0 Å². The standard InChI is InChI=1S/C21H28N2O4/c24-20-11-16(13-23(20)17-6-4-2-1-3-5-7-17)21(25)22-12-15-8-9-18-19(10-15)27-14-26-18/h8-10,16-17H,1-7,11-14H2,(H,22,25)/t16-/m0/s1. The lowest BCUT2D eigenvalue weighted by Crippen LogP contribution is -2.38. The van der Waals surface area contributed by atoms with Gasteiger partial charge in [-0.25, -0.2) is 0 Å². The Kier molecular flexibility index (Phi) is 5.50. The van der Waals surface area contributed by atoms with Crippen LogP contribution >= 0.6 is 0 Å². The fraction of sp³-hybridized carbons (Fsp3) is 0.619. The molecule has 1 aromatic rings. The van der Waals surface area contributed by atoms with Crippen LogP contribution in [0.3, 0.4) is 0 Å². The number of carbonyl (C=O) groups is 2. The average molecular weight is 372 g/mol. The highest BCUT2D eigenvalue weighted by molar-refractivity contribution is 5.89. The number of ether oxygens (including phenoxy) is 2. The number of nitrogens with zero attached hydrogens (tertiary/aromatic N) is 1. The summed E-state index contributed by atoms with van der Waals surface area (Å²) in [5.41, 5.74) is 0.966. The Balaban J connectivity index is 1.31. The van der Waals surface area contributed by atoms with E-state index in [9.17, 15) is 9.59 Å². The topological polar surface area (TPSA) is 67.9 Å². The van der Waals surface area contributed by atoms with Crippen LogP contribution in [0, 0.1) is 5.92 Å². The Morgan fingerprint density at radius 1 is 1.07 bits per heavy atom. The zero-order valence-electron chi connectivity index (χ0n) is 15.7. The first kappa shape index (κ1) is 18.1. The highest BCUT2D eigenvalue weighted by Crippen LogP contribution is 2.32. The lowest BCUT2D eigenvalue weighted by molar-refractivity contribution is -0.130. The molecule has 3 aliphatic rings. The number of amides is 2. The first-order valence-corrected chi connectivity index (χ1v) is 10.2. The molecule has 2 fully saturated rings. The number of hydrogen-bond acceptors (Lipinski definition) is 4. The molecule has 2 aliphatic heterocycles. The van der Waals surface area contributed by atoms with E-state index >= 15 is 0 Å². The van der Waals surface area contributed by atoms with E-state index in [1.807, 2.05) is 23.1 Å². The fourth-order valence-corrected chi connectivity index (χ4v) is 4.39. The van der Waals surface area contributed by atoms with Gasteiger partial charge in [0.25, 0.3) is 0 Å². The van der Waals surface area contributed by atoms with Gasteiger partial charge in [-0.1, -0.05) is 38.2 Å².